The Morgan fingerprint density at radius 2 is 1.38 bits per heavy atom. The van der Waals surface area contributed by atoms with Gasteiger partial charge in [0.2, 0.25) is 0 Å². The Labute approximate surface area is 110 Å². The van der Waals surface area contributed by atoms with Crippen molar-refractivity contribution >= 4 is 0 Å². The first-order chi connectivity index (χ1) is 7.55. The van der Waals surface area contributed by atoms with E-state index in [1.54, 1.807) is 42.0 Å². The molecule has 85 valence electrons. The molecule has 3 nitrogen and oxygen atoms in total. The fourth-order valence-corrected chi connectivity index (χ4v) is 1.19. The van der Waals surface area contributed by atoms with Gasteiger partial charge in [0.15, 0.2) is 0 Å². The Hall–Kier alpha value is -1.36. The summed E-state index contributed by atoms with van der Waals surface area (Å²) in [6, 6.07) is 5.25. The number of hydrogen-bond donors (Lipinski definition) is 0. The molecule has 1 aliphatic carbocycles. The molecule has 1 rings (SSSR count). The molecule has 0 saturated heterocycles. The number of allylic oxidation sites excluding steroid dienone is 4. The topological polar surface area (TPSA) is 71.4 Å². The van der Waals surface area contributed by atoms with Gasteiger partial charge in [0, 0.05) is 20.8 Å². The van der Waals surface area contributed by atoms with Gasteiger partial charge in [-0.05, 0) is 0 Å². The summed E-state index contributed by atoms with van der Waals surface area (Å²) in [6.45, 7) is 6.46. The van der Waals surface area contributed by atoms with Crippen LogP contribution in [0.1, 0.15) is 34.1 Å². The monoisotopic (exact) mass is 386 g/mol. The fourth-order valence-electron chi connectivity index (χ4n) is 0.597. The maximum atomic E-state index is 7.32. The van der Waals surface area contributed by atoms with Gasteiger partial charge in [-0.2, -0.15) is 15.8 Å². The second kappa shape index (κ2) is 19.2. The van der Waals surface area contributed by atoms with Gasteiger partial charge in [-0.25, -0.2) is 0 Å². The second-order valence-electron chi connectivity index (χ2n) is 2.38. The molecule has 0 unspecified atom stereocenters. The summed E-state index contributed by atoms with van der Waals surface area (Å²) in [7, 11) is 0. The van der Waals surface area contributed by atoms with Gasteiger partial charge in [-0.15, -0.1) is 0 Å². The SMILES string of the molecule is CC#N.CC#N.CC#N.CC1=[C]([W])CC=C1. The van der Waals surface area contributed by atoms with Crippen LogP contribution in [0.2, 0.25) is 0 Å². The third-order valence-electron chi connectivity index (χ3n) is 1.11. The zero-order valence-electron chi connectivity index (χ0n) is 10.1. The Bertz CT molecular complexity index is 306. The quantitative estimate of drug-likeness (QED) is 0.641. The summed E-state index contributed by atoms with van der Waals surface area (Å²) in [5.41, 5.74) is 1.48. The number of rotatable bonds is 0. The van der Waals surface area contributed by atoms with Crippen LogP contribution in [0.4, 0.5) is 0 Å². The first-order valence-electron chi connectivity index (χ1n) is 4.51. The Morgan fingerprint density at radius 3 is 1.44 bits per heavy atom. The summed E-state index contributed by atoms with van der Waals surface area (Å²) >= 11 is 1.62. The van der Waals surface area contributed by atoms with Crippen molar-refractivity contribution in [2.24, 2.45) is 0 Å². The van der Waals surface area contributed by atoms with Crippen LogP contribution >= 0.6 is 0 Å². The number of hydrogen-bond acceptors (Lipinski definition) is 3. The van der Waals surface area contributed by atoms with Crippen LogP contribution in [0.5, 0.6) is 0 Å². The summed E-state index contributed by atoms with van der Waals surface area (Å²) in [4.78, 5) is 0. The van der Waals surface area contributed by atoms with Crippen molar-refractivity contribution in [1.82, 2.24) is 0 Å². The first-order valence-corrected chi connectivity index (χ1v) is 5.98. The molecule has 0 N–H and O–H groups in total. The van der Waals surface area contributed by atoms with Crippen LogP contribution in [0.15, 0.2) is 21.7 Å². The van der Waals surface area contributed by atoms with Gasteiger partial charge in [0.05, 0.1) is 18.2 Å². The molecule has 0 aromatic rings. The van der Waals surface area contributed by atoms with Crippen molar-refractivity contribution in [3.63, 3.8) is 0 Å². The van der Waals surface area contributed by atoms with Gasteiger partial charge < -0.3 is 0 Å². The minimum atomic E-state index is 1.21. The van der Waals surface area contributed by atoms with E-state index in [9.17, 15) is 0 Å². The van der Waals surface area contributed by atoms with Crippen LogP contribution in [-0.4, -0.2) is 0 Å². The van der Waals surface area contributed by atoms with Crippen molar-refractivity contribution in [3.05, 3.63) is 21.7 Å². The van der Waals surface area contributed by atoms with E-state index in [0.717, 1.165) is 0 Å². The molecular formula is C12H16N3W. The average Bonchev–Trinajstić information content (AvgIpc) is 2.55. The molecule has 0 heterocycles. The van der Waals surface area contributed by atoms with Crippen LogP contribution in [0.25, 0.3) is 0 Å². The van der Waals surface area contributed by atoms with Gasteiger partial charge in [0.25, 0.3) is 0 Å². The molecular weight excluding hydrogens is 370 g/mol. The van der Waals surface area contributed by atoms with Crippen LogP contribution in [0.3, 0.4) is 0 Å². The van der Waals surface area contributed by atoms with Crippen molar-refractivity contribution in [1.29, 1.82) is 15.8 Å². The van der Waals surface area contributed by atoms with Crippen LogP contribution < -0.4 is 0 Å². The first kappa shape index (κ1) is 20.1. The van der Waals surface area contributed by atoms with Crippen LogP contribution in [0, 0.1) is 34.0 Å². The molecule has 16 heavy (non-hydrogen) atoms. The molecule has 0 aliphatic heterocycles. The molecule has 0 bridgehead atoms. The van der Waals surface area contributed by atoms with E-state index in [2.05, 4.69) is 19.1 Å². The second-order valence-corrected chi connectivity index (χ2v) is 4.15. The summed E-state index contributed by atoms with van der Waals surface area (Å²) in [5.74, 6) is 0. The predicted molar refractivity (Wildman–Crippen MR) is 60.3 cm³/mol. The van der Waals surface area contributed by atoms with E-state index in [1.807, 2.05) is 0 Å². The normalized spacial score (nSPS) is 9.81. The van der Waals surface area contributed by atoms with Crippen molar-refractivity contribution in [2.45, 2.75) is 34.1 Å². The zero-order valence-corrected chi connectivity index (χ0v) is 13.0. The molecule has 0 saturated carbocycles. The molecule has 0 radical (unpaired) electrons. The van der Waals surface area contributed by atoms with Crippen molar-refractivity contribution in [3.8, 4) is 18.2 Å². The molecule has 0 aromatic heterocycles. The van der Waals surface area contributed by atoms with Gasteiger partial charge >= 0.3 is 54.8 Å². The van der Waals surface area contributed by atoms with E-state index in [0.29, 0.717) is 0 Å². The number of nitriles is 3. The van der Waals surface area contributed by atoms with Crippen LogP contribution in [-0.2, 0) is 19.8 Å². The molecule has 0 spiro atoms. The molecule has 0 amide bonds. The molecule has 1 aliphatic rings. The standard InChI is InChI=1S/C6H7.3C2H3N.W/c1-6-4-2-3-5-6;3*1-2-3;/h2,4H,3H2,1H3;3*1H3;. The van der Waals surface area contributed by atoms with E-state index in [4.69, 9.17) is 15.8 Å². The Balaban J connectivity index is -0.000000161. The van der Waals surface area contributed by atoms with E-state index >= 15 is 0 Å². The average molecular weight is 386 g/mol. The third-order valence-corrected chi connectivity index (χ3v) is 2.87. The molecule has 0 atom stereocenters. The van der Waals surface area contributed by atoms with Crippen molar-refractivity contribution < 1.29 is 19.8 Å². The fraction of sp³-hybridized carbons (Fsp3) is 0.417. The number of nitrogens with zero attached hydrogens (tertiary/aromatic N) is 3. The maximum absolute atomic E-state index is 7.32. The Morgan fingerprint density at radius 1 is 1.06 bits per heavy atom. The summed E-state index contributed by atoms with van der Waals surface area (Å²) in [6.07, 6.45) is 5.63. The van der Waals surface area contributed by atoms with E-state index in [-0.39, 0.29) is 0 Å². The van der Waals surface area contributed by atoms with Gasteiger partial charge in [-0.3, -0.25) is 0 Å². The third kappa shape index (κ3) is 22.9. The minimum absolute atomic E-state index is 1.21. The zero-order chi connectivity index (χ0) is 13.4. The van der Waals surface area contributed by atoms with E-state index < -0.39 is 0 Å². The molecule has 0 aromatic carbocycles. The van der Waals surface area contributed by atoms with Gasteiger partial charge in [-0.1, -0.05) is 0 Å². The van der Waals surface area contributed by atoms with E-state index in [1.165, 1.54) is 32.8 Å². The van der Waals surface area contributed by atoms with Gasteiger partial charge in [0.1, 0.15) is 0 Å². The molecule has 0 fully saturated rings. The predicted octanol–water partition coefficient (Wildman–Crippen LogP) is 3.36. The molecule has 4 heteroatoms. The van der Waals surface area contributed by atoms with Crippen molar-refractivity contribution in [2.75, 3.05) is 0 Å². The summed E-state index contributed by atoms with van der Waals surface area (Å²) < 4.78 is 1.60. The summed E-state index contributed by atoms with van der Waals surface area (Å²) in [5, 5.41) is 22.0. The Kier molecular flexibility index (Phi) is 24.2.